The number of nitrogens with one attached hydrogen (secondary N) is 1. The standard InChI is InChI=1S/C19H19NO/c1-13-7-5-10-15-16-11-6-12-17(19(16)21-18(13)15)20-14-8-3-2-4-9-14/h2-4,6-9,12,16,20H,5,10-11H2,1H3. The second kappa shape index (κ2) is 4.96. The fraction of sp³-hybridized carbons (Fsp3) is 0.263. The molecule has 0 saturated heterocycles. The van der Waals surface area contributed by atoms with Crippen LogP contribution in [0.1, 0.15) is 26.2 Å². The average molecular weight is 277 g/mol. The molecular formula is C19H19NO. The Morgan fingerprint density at radius 2 is 2.05 bits per heavy atom. The molecule has 0 bridgehead atoms. The second-order valence-electron chi connectivity index (χ2n) is 5.84. The Morgan fingerprint density at radius 1 is 1.19 bits per heavy atom. The van der Waals surface area contributed by atoms with E-state index in [2.05, 4.69) is 42.6 Å². The Morgan fingerprint density at radius 3 is 2.90 bits per heavy atom. The predicted molar refractivity (Wildman–Crippen MR) is 85.4 cm³/mol. The number of para-hydroxylation sites is 1. The van der Waals surface area contributed by atoms with Crippen LogP contribution in [0.2, 0.25) is 0 Å². The second-order valence-corrected chi connectivity index (χ2v) is 5.84. The van der Waals surface area contributed by atoms with Gasteiger partial charge in [-0.2, -0.15) is 0 Å². The molecule has 1 N–H and O–H groups in total. The molecule has 1 aromatic rings. The maximum absolute atomic E-state index is 6.24. The van der Waals surface area contributed by atoms with E-state index in [4.69, 9.17) is 4.74 Å². The van der Waals surface area contributed by atoms with Gasteiger partial charge in [-0.3, -0.25) is 0 Å². The minimum atomic E-state index is 0.430. The zero-order chi connectivity index (χ0) is 14.2. The van der Waals surface area contributed by atoms with Crippen LogP contribution in [0.5, 0.6) is 0 Å². The fourth-order valence-corrected chi connectivity index (χ4v) is 3.40. The van der Waals surface area contributed by atoms with Crippen molar-refractivity contribution in [1.29, 1.82) is 0 Å². The first-order valence-corrected chi connectivity index (χ1v) is 7.64. The molecule has 21 heavy (non-hydrogen) atoms. The number of fused-ring (bicyclic) bond motifs is 2. The number of anilines is 1. The van der Waals surface area contributed by atoms with Crippen LogP contribution in [-0.4, -0.2) is 0 Å². The lowest BCUT2D eigenvalue weighted by atomic mass is 9.85. The molecule has 4 rings (SSSR count). The molecule has 0 radical (unpaired) electrons. The van der Waals surface area contributed by atoms with Gasteiger partial charge in [-0.1, -0.05) is 30.4 Å². The summed E-state index contributed by atoms with van der Waals surface area (Å²) >= 11 is 0. The zero-order valence-corrected chi connectivity index (χ0v) is 12.2. The van der Waals surface area contributed by atoms with Gasteiger partial charge in [0, 0.05) is 11.6 Å². The van der Waals surface area contributed by atoms with Gasteiger partial charge in [0.25, 0.3) is 0 Å². The van der Waals surface area contributed by atoms with Crippen molar-refractivity contribution in [3.05, 3.63) is 76.9 Å². The van der Waals surface area contributed by atoms with Crippen molar-refractivity contribution in [2.75, 3.05) is 5.32 Å². The van der Waals surface area contributed by atoms with Gasteiger partial charge in [0.1, 0.15) is 11.5 Å². The van der Waals surface area contributed by atoms with Crippen LogP contribution in [0.15, 0.2) is 76.9 Å². The Labute approximate surface area is 125 Å². The predicted octanol–water partition coefficient (Wildman–Crippen LogP) is 4.91. The summed E-state index contributed by atoms with van der Waals surface area (Å²) < 4.78 is 6.24. The van der Waals surface area contributed by atoms with Gasteiger partial charge in [-0.25, -0.2) is 0 Å². The smallest absolute Gasteiger partial charge is 0.135 e. The van der Waals surface area contributed by atoms with E-state index in [-0.39, 0.29) is 0 Å². The van der Waals surface area contributed by atoms with Crippen molar-refractivity contribution in [2.24, 2.45) is 5.92 Å². The average Bonchev–Trinajstić information content (AvgIpc) is 2.90. The number of rotatable bonds is 2. The van der Waals surface area contributed by atoms with Crippen LogP contribution in [0.25, 0.3) is 0 Å². The lowest BCUT2D eigenvalue weighted by molar-refractivity contribution is 0.307. The summed E-state index contributed by atoms with van der Waals surface area (Å²) in [6.45, 7) is 2.16. The molecule has 1 atom stereocenters. The maximum atomic E-state index is 6.24. The van der Waals surface area contributed by atoms with Gasteiger partial charge in [-0.05, 0) is 55.5 Å². The Balaban J connectivity index is 1.68. The lowest BCUT2D eigenvalue weighted by Gasteiger charge is -2.20. The van der Waals surface area contributed by atoms with Gasteiger partial charge in [0.15, 0.2) is 0 Å². The first kappa shape index (κ1) is 12.5. The fourth-order valence-electron chi connectivity index (χ4n) is 3.40. The summed E-state index contributed by atoms with van der Waals surface area (Å²) in [5.74, 6) is 2.65. The highest BCUT2D eigenvalue weighted by Crippen LogP contribution is 2.46. The maximum Gasteiger partial charge on any atom is 0.135 e. The number of ether oxygens (including phenoxy) is 1. The van der Waals surface area contributed by atoms with E-state index in [0.29, 0.717) is 5.92 Å². The molecule has 0 saturated carbocycles. The van der Waals surface area contributed by atoms with Crippen LogP contribution < -0.4 is 5.32 Å². The molecule has 0 fully saturated rings. The number of hydrogen-bond acceptors (Lipinski definition) is 2. The van der Waals surface area contributed by atoms with E-state index in [0.717, 1.165) is 42.2 Å². The van der Waals surface area contributed by atoms with Gasteiger partial charge >= 0.3 is 0 Å². The highest BCUT2D eigenvalue weighted by atomic mass is 16.5. The molecule has 106 valence electrons. The molecule has 0 aromatic heterocycles. The summed E-state index contributed by atoms with van der Waals surface area (Å²) in [5, 5.41) is 3.50. The summed E-state index contributed by atoms with van der Waals surface area (Å²) in [7, 11) is 0. The first-order valence-electron chi connectivity index (χ1n) is 7.64. The monoisotopic (exact) mass is 277 g/mol. The van der Waals surface area contributed by atoms with E-state index < -0.39 is 0 Å². The summed E-state index contributed by atoms with van der Waals surface area (Å²) in [6, 6.07) is 10.3. The Hall–Kier alpha value is -2.22. The quantitative estimate of drug-likeness (QED) is 0.829. The zero-order valence-electron chi connectivity index (χ0n) is 12.2. The minimum Gasteiger partial charge on any atom is -0.459 e. The molecule has 0 amide bonds. The molecule has 1 aliphatic heterocycles. The van der Waals surface area contributed by atoms with Crippen molar-refractivity contribution in [3.63, 3.8) is 0 Å². The van der Waals surface area contributed by atoms with Crippen molar-refractivity contribution in [3.8, 4) is 0 Å². The third kappa shape index (κ3) is 2.11. The summed E-state index contributed by atoms with van der Waals surface area (Å²) in [5.41, 5.74) is 4.98. The van der Waals surface area contributed by atoms with E-state index in [1.807, 2.05) is 18.2 Å². The minimum absolute atomic E-state index is 0.430. The first-order chi connectivity index (χ1) is 10.3. The van der Waals surface area contributed by atoms with Crippen LogP contribution >= 0.6 is 0 Å². The number of allylic oxidation sites excluding steroid dienone is 5. The third-order valence-electron chi connectivity index (χ3n) is 4.44. The molecule has 0 spiro atoms. The van der Waals surface area contributed by atoms with E-state index in [9.17, 15) is 0 Å². The van der Waals surface area contributed by atoms with Crippen LogP contribution in [0.3, 0.4) is 0 Å². The van der Waals surface area contributed by atoms with E-state index in [1.165, 1.54) is 11.1 Å². The van der Waals surface area contributed by atoms with Gasteiger partial charge in [-0.15, -0.1) is 0 Å². The molecule has 1 aromatic carbocycles. The highest BCUT2D eigenvalue weighted by Gasteiger charge is 2.36. The van der Waals surface area contributed by atoms with Crippen molar-refractivity contribution in [2.45, 2.75) is 26.2 Å². The van der Waals surface area contributed by atoms with Crippen LogP contribution in [0.4, 0.5) is 5.69 Å². The molecule has 2 nitrogen and oxygen atoms in total. The summed E-state index contributed by atoms with van der Waals surface area (Å²) in [6.07, 6.45) is 10.0. The van der Waals surface area contributed by atoms with Gasteiger partial charge in [0.05, 0.1) is 5.70 Å². The highest BCUT2D eigenvalue weighted by molar-refractivity contribution is 5.55. The molecule has 1 heterocycles. The third-order valence-corrected chi connectivity index (χ3v) is 4.44. The molecule has 2 aliphatic carbocycles. The van der Waals surface area contributed by atoms with Crippen molar-refractivity contribution < 1.29 is 4.74 Å². The largest absolute Gasteiger partial charge is 0.459 e. The number of benzene rings is 1. The van der Waals surface area contributed by atoms with Gasteiger partial charge in [0.2, 0.25) is 0 Å². The SMILES string of the molecule is CC1=CCCC2=C1OC1=C(Nc3ccccc3)C=CCC21. The lowest BCUT2D eigenvalue weighted by Crippen LogP contribution is -2.12. The number of hydrogen-bond donors (Lipinski definition) is 1. The van der Waals surface area contributed by atoms with E-state index >= 15 is 0 Å². The Bertz CT molecular complexity index is 692. The Kier molecular flexibility index (Phi) is 2.95. The van der Waals surface area contributed by atoms with Crippen molar-refractivity contribution in [1.82, 2.24) is 0 Å². The molecule has 1 unspecified atom stereocenters. The van der Waals surface area contributed by atoms with Crippen LogP contribution in [0, 0.1) is 5.92 Å². The van der Waals surface area contributed by atoms with Crippen LogP contribution in [-0.2, 0) is 4.74 Å². The molecule has 2 heteroatoms. The summed E-state index contributed by atoms with van der Waals surface area (Å²) in [4.78, 5) is 0. The van der Waals surface area contributed by atoms with Gasteiger partial charge < -0.3 is 10.1 Å². The van der Waals surface area contributed by atoms with E-state index in [1.54, 1.807) is 0 Å². The topological polar surface area (TPSA) is 21.3 Å². The van der Waals surface area contributed by atoms with Crippen molar-refractivity contribution >= 4 is 5.69 Å². The molecular weight excluding hydrogens is 258 g/mol. The molecule has 3 aliphatic rings. The normalized spacial score (nSPS) is 23.5.